The Morgan fingerprint density at radius 2 is 0.833 bits per heavy atom. The monoisotopic (exact) mass is 348 g/mol. The minimum absolute atomic E-state index is 0.250. The van der Waals surface area contributed by atoms with Crippen LogP contribution in [0.2, 0.25) is 0 Å². The normalized spacial score (nSPS) is 9.54. The van der Waals surface area contributed by atoms with Gasteiger partial charge in [0, 0.05) is 19.6 Å². The average molecular weight is 349 g/mol. The van der Waals surface area contributed by atoms with E-state index in [0.717, 1.165) is 12.8 Å². The van der Waals surface area contributed by atoms with Crippen LogP contribution in [0.25, 0.3) is 0 Å². The summed E-state index contributed by atoms with van der Waals surface area (Å²) in [6, 6.07) is 0. The molecule has 0 rings (SSSR count). The predicted molar refractivity (Wildman–Crippen MR) is 103 cm³/mol. The minimum Gasteiger partial charge on any atom is -0.481 e. The summed E-state index contributed by atoms with van der Waals surface area (Å²) in [6.07, 6.45) is 17.3. The van der Waals surface area contributed by atoms with E-state index >= 15 is 0 Å². The summed E-state index contributed by atoms with van der Waals surface area (Å²) >= 11 is 0. The van der Waals surface area contributed by atoms with Crippen LogP contribution in [-0.4, -0.2) is 34.5 Å². The number of aliphatic hydroxyl groups excluding tert-OH is 2. The molecule has 0 unspecified atom stereocenters. The van der Waals surface area contributed by atoms with Crippen molar-refractivity contribution in [3.05, 3.63) is 0 Å². The van der Waals surface area contributed by atoms with E-state index in [1.807, 2.05) is 0 Å². The third-order valence-corrected chi connectivity index (χ3v) is 3.49. The van der Waals surface area contributed by atoms with Crippen LogP contribution in [0, 0.1) is 0 Å². The molecule has 0 amide bonds. The molecule has 3 N–H and O–H groups in total. The highest BCUT2D eigenvalue weighted by Gasteiger charge is 1.96. The van der Waals surface area contributed by atoms with Gasteiger partial charge in [0.05, 0.1) is 0 Å². The van der Waals surface area contributed by atoms with Gasteiger partial charge in [-0.3, -0.25) is 4.79 Å². The molecule has 0 radical (unpaired) electrons. The second kappa shape index (κ2) is 30.3. The average Bonchev–Trinajstić information content (AvgIpc) is 2.53. The molecular weight excluding hydrogens is 304 g/mol. The number of hydrogen-bond donors (Lipinski definition) is 3. The van der Waals surface area contributed by atoms with E-state index in [1.165, 1.54) is 70.6 Å². The molecule has 0 aliphatic rings. The summed E-state index contributed by atoms with van der Waals surface area (Å²) in [5.74, 6) is -0.655. The zero-order valence-corrected chi connectivity index (χ0v) is 16.6. The number of aliphatic hydroxyl groups is 2. The van der Waals surface area contributed by atoms with Gasteiger partial charge in [0.25, 0.3) is 0 Å². The number of carbonyl (C=O) groups is 1. The van der Waals surface area contributed by atoms with Gasteiger partial charge in [-0.1, -0.05) is 84.0 Å². The van der Waals surface area contributed by atoms with E-state index in [2.05, 4.69) is 6.92 Å². The highest BCUT2D eigenvalue weighted by atomic mass is 16.4. The molecule has 0 heterocycles. The van der Waals surface area contributed by atoms with Gasteiger partial charge in [-0.15, -0.1) is 0 Å². The summed E-state index contributed by atoms with van der Waals surface area (Å²) in [5.41, 5.74) is 0. The number of carboxylic acid groups (broad SMARTS) is 1. The fourth-order valence-corrected chi connectivity index (χ4v) is 2.29. The number of hydrogen-bond acceptors (Lipinski definition) is 3. The molecule has 0 spiro atoms. The highest BCUT2D eigenvalue weighted by molar-refractivity contribution is 5.66. The standard InChI is InChI=1S/C16H32O2.2C2H6O/c1-2-3-4-5-6-7-8-9-10-11-12-13-14-15-16(17)18;2*1-2-3/h2-15H2,1H3,(H,17,18);2*3H,2H2,1H3. The van der Waals surface area contributed by atoms with Gasteiger partial charge < -0.3 is 15.3 Å². The molecule has 0 aromatic heterocycles. The van der Waals surface area contributed by atoms with Gasteiger partial charge in [0.1, 0.15) is 0 Å². The van der Waals surface area contributed by atoms with E-state index < -0.39 is 5.97 Å². The predicted octanol–water partition coefficient (Wildman–Crippen LogP) is 5.55. The van der Waals surface area contributed by atoms with Crippen LogP contribution in [0.3, 0.4) is 0 Å². The van der Waals surface area contributed by atoms with Crippen molar-refractivity contribution in [1.29, 1.82) is 0 Å². The molecular formula is C20H44O4. The number of aliphatic carboxylic acids is 1. The van der Waals surface area contributed by atoms with E-state index in [9.17, 15) is 4.79 Å². The van der Waals surface area contributed by atoms with Crippen LogP contribution >= 0.6 is 0 Å². The second-order valence-corrected chi connectivity index (χ2v) is 6.02. The quantitative estimate of drug-likeness (QED) is 0.360. The summed E-state index contributed by atoms with van der Waals surface area (Å²) in [7, 11) is 0. The first kappa shape index (κ1) is 28.2. The largest absolute Gasteiger partial charge is 0.481 e. The molecule has 0 aromatic carbocycles. The van der Waals surface area contributed by atoms with Gasteiger partial charge in [0.2, 0.25) is 0 Å². The lowest BCUT2D eigenvalue weighted by atomic mass is 10.0. The van der Waals surface area contributed by atoms with Gasteiger partial charge in [-0.25, -0.2) is 0 Å². The van der Waals surface area contributed by atoms with Crippen molar-refractivity contribution in [1.82, 2.24) is 0 Å². The molecule has 0 atom stereocenters. The Balaban J connectivity index is -0.000000635. The minimum atomic E-state index is -0.655. The third-order valence-electron chi connectivity index (χ3n) is 3.49. The Morgan fingerprint density at radius 3 is 1.08 bits per heavy atom. The molecule has 0 saturated carbocycles. The van der Waals surface area contributed by atoms with Crippen LogP contribution in [0.1, 0.15) is 111 Å². The highest BCUT2D eigenvalue weighted by Crippen LogP contribution is 2.12. The third kappa shape index (κ3) is 42.9. The number of carboxylic acids is 1. The number of rotatable bonds is 14. The lowest BCUT2D eigenvalue weighted by molar-refractivity contribution is -0.137. The molecule has 0 aliphatic carbocycles. The van der Waals surface area contributed by atoms with Crippen molar-refractivity contribution >= 4 is 5.97 Å². The molecule has 0 saturated heterocycles. The molecule has 0 fully saturated rings. The number of unbranched alkanes of at least 4 members (excludes halogenated alkanes) is 12. The first-order valence-corrected chi connectivity index (χ1v) is 10.0. The van der Waals surface area contributed by atoms with Crippen LogP contribution in [0.15, 0.2) is 0 Å². The van der Waals surface area contributed by atoms with E-state index in [0.29, 0.717) is 6.42 Å². The maximum Gasteiger partial charge on any atom is 0.303 e. The summed E-state index contributed by atoms with van der Waals surface area (Å²) in [6.45, 7) is 6.12. The van der Waals surface area contributed by atoms with Gasteiger partial charge in [0.15, 0.2) is 0 Å². The first-order valence-electron chi connectivity index (χ1n) is 10.0. The van der Waals surface area contributed by atoms with Crippen LogP contribution in [-0.2, 0) is 4.79 Å². The van der Waals surface area contributed by atoms with E-state index in [-0.39, 0.29) is 13.2 Å². The zero-order chi connectivity index (χ0) is 18.9. The van der Waals surface area contributed by atoms with Crippen molar-refractivity contribution in [3.63, 3.8) is 0 Å². The zero-order valence-electron chi connectivity index (χ0n) is 16.6. The molecule has 0 aliphatic heterocycles. The van der Waals surface area contributed by atoms with Crippen molar-refractivity contribution in [3.8, 4) is 0 Å². The molecule has 4 heteroatoms. The van der Waals surface area contributed by atoms with E-state index in [1.54, 1.807) is 13.8 Å². The maximum absolute atomic E-state index is 10.3. The van der Waals surface area contributed by atoms with Crippen LogP contribution in [0.5, 0.6) is 0 Å². The summed E-state index contributed by atoms with van der Waals surface area (Å²) < 4.78 is 0. The van der Waals surface area contributed by atoms with Gasteiger partial charge in [-0.05, 0) is 20.3 Å². The fraction of sp³-hybridized carbons (Fsp3) is 0.950. The van der Waals surface area contributed by atoms with Crippen molar-refractivity contribution < 1.29 is 20.1 Å². The van der Waals surface area contributed by atoms with E-state index in [4.69, 9.17) is 15.3 Å². The molecule has 24 heavy (non-hydrogen) atoms. The molecule has 148 valence electrons. The fourth-order valence-electron chi connectivity index (χ4n) is 2.29. The van der Waals surface area contributed by atoms with Crippen LogP contribution < -0.4 is 0 Å². The first-order chi connectivity index (χ1) is 11.6. The molecule has 0 bridgehead atoms. The molecule has 4 nitrogen and oxygen atoms in total. The SMILES string of the molecule is CCCCCCCCCCCCCCCC(=O)O.CCO.CCO. The summed E-state index contributed by atoms with van der Waals surface area (Å²) in [5, 5.41) is 23.6. The van der Waals surface area contributed by atoms with Crippen molar-refractivity contribution in [2.75, 3.05) is 13.2 Å². The Hall–Kier alpha value is -0.610. The smallest absolute Gasteiger partial charge is 0.303 e. The van der Waals surface area contributed by atoms with Crippen molar-refractivity contribution in [2.45, 2.75) is 111 Å². The summed E-state index contributed by atoms with van der Waals surface area (Å²) in [4.78, 5) is 10.3. The van der Waals surface area contributed by atoms with Crippen LogP contribution in [0.4, 0.5) is 0 Å². The van der Waals surface area contributed by atoms with Gasteiger partial charge in [-0.2, -0.15) is 0 Å². The van der Waals surface area contributed by atoms with Gasteiger partial charge >= 0.3 is 5.97 Å². The molecule has 0 aromatic rings. The second-order valence-electron chi connectivity index (χ2n) is 6.02. The Bertz CT molecular complexity index is 206. The Morgan fingerprint density at radius 1 is 0.583 bits per heavy atom. The Kier molecular flexibility index (Phi) is 35.6. The lowest BCUT2D eigenvalue weighted by Crippen LogP contribution is -1.93. The maximum atomic E-state index is 10.3. The van der Waals surface area contributed by atoms with Crippen molar-refractivity contribution in [2.24, 2.45) is 0 Å². The Labute approximate surface area is 150 Å². The lowest BCUT2D eigenvalue weighted by Gasteiger charge is -2.02. The topological polar surface area (TPSA) is 77.8 Å².